The van der Waals surface area contributed by atoms with Crippen LogP contribution in [0.25, 0.3) is 0 Å². The van der Waals surface area contributed by atoms with Crippen LogP contribution in [-0.4, -0.2) is 49.1 Å². The molecule has 1 aromatic carbocycles. The summed E-state index contributed by atoms with van der Waals surface area (Å²) in [6.07, 6.45) is 0. The van der Waals surface area contributed by atoms with E-state index in [2.05, 4.69) is 9.80 Å². The van der Waals surface area contributed by atoms with Gasteiger partial charge in [-0.3, -0.25) is 9.80 Å². The normalized spacial score (nSPS) is 18.2. The van der Waals surface area contributed by atoms with Gasteiger partial charge in [0.2, 0.25) is 0 Å². The summed E-state index contributed by atoms with van der Waals surface area (Å²) < 4.78 is 27.0. The minimum atomic E-state index is -0.459. The lowest BCUT2D eigenvalue weighted by molar-refractivity contribution is 0.127. The molecular weight excluding hydrogens is 236 g/mol. The summed E-state index contributed by atoms with van der Waals surface area (Å²) in [5, 5.41) is 0. The molecule has 0 spiro atoms. The largest absolute Gasteiger partial charge is 0.329 e. The van der Waals surface area contributed by atoms with Crippen LogP contribution in [0, 0.1) is 11.6 Å². The van der Waals surface area contributed by atoms with E-state index in [1.54, 1.807) is 0 Å². The quantitative estimate of drug-likeness (QED) is 0.872. The molecule has 1 aromatic rings. The number of rotatable bonds is 4. The van der Waals surface area contributed by atoms with Crippen molar-refractivity contribution in [1.29, 1.82) is 0 Å². The van der Waals surface area contributed by atoms with Crippen LogP contribution in [-0.2, 0) is 6.54 Å². The maximum absolute atomic E-state index is 13.5. The second-order valence-electron chi connectivity index (χ2n) is 4.61. The van der Waals surface area contributed by atoms with Crippen LogP contribution >= 0.6 is 0 Å². The monoisotopic (exact) mass is 255 g/mol. The van der Waals surface area contributed by atoms with Gasteiger partial charge in [-0.25, -0.2) is 8.78 Å². The van der Waals surface area contributed by atoms with E-state index in [1.807, 2.05) is 0 Å². The molecule has 1 aliphatic heterocycles. The standard InChI is InChI=1S/C13H19F2N3/c14-12-2-1-3-13(15)11(12)10-18-8-6-17(5-4-16)7-9-18/h1-3H,4-10,16H2. The molecule has 0 radical (unpaired) electrons. The van der Waals surface area contributed by atoms with Gasteiger partial charge >= 0.3 is 0 Å². The Morgan fingerprint density at radius 2 is 1.56 bits per heavy atom. The maximum Gasteiger partial charge on any atom is 0.130 e. The van der Waals surface area contributed by atoms with Crippen molar-refractivity contribution in [2.45, 2.75) is 6.54 Å². The molecule has 0 bridgehead atoms. The average Bonchev–Trinajstić information content (AvgIpc) is 2.36. The van der Waals surface area contributed by atoms with E-state index in [0.717, 1.165) is 32.7 Å². The van der Waals surface area contributed by atoms with E-state index in [-0.39, 0.29) is 5.56 Å². The third-order valence-electron chi connectivity index (χ3n) is 3.35. The van der Waals surface area contributed by atoms with Crippen LogP contribution in [0.4, 0.5) is 8.78 Å². The summed E-state index contributed by atoms with van der Waals surface area (Å²) in [6.45, 7) is 5.36. The molecule has 2 N–H and O–H groups in total. The molecule has 0 saturated carbocycles. The van der Waals surface area contributed by atoms with Crippen LogP contribution in [0.5, 0.6) is 0 Å². The van der Waals surface area contributed by atoms with Crippen molar-refractivity contribution in [3.63, 3.8) is 0 Å². The smallest absolute Gasteiger partial charge is 0.130 e. The number of halogens is 2. The molecule has 3 nitrogen and oxygen atoms in total. The highest BCUT2D eigenvalue weighted by Gasteiger charge is 2.18. The third-order valence-corrected chi connectivity index (χ3v) is 3.35. The number of benzene rings is 1. The van der Waals surface area contributed by atoms with E-state index < -0.39 is 11.6 Å². The van der Waals surface area contributed by atoms with Gasteiger partial charge in [0.25, 0.3) is 0 Å². The van der Waals surface area contributed by atoms with Gasteiger partial charge in [-0.1, -0.05) is 6.07 Å². The highest BCUT2D eigenvalue weighted by atomic mass is 19.1. The lowest BCUT2D eigenvalue weighted by Gasteiger charge is -2.34. The Hall–Kier alpha value is -1.04. The number of hydrogen-bond acceptors (Lipinski definition) is 3. The van der Waals surface area contributed by atoms with Crippen LogP contribution in [0.1, 0.15) is 5.56 Å². The summed E-state index contributed by atoms with van der Waals surface area (Å²) in [7, 11) is 0. The second-order valence-corrected chi connectivity index (χ2v) is 4.61. The van der Waals surface area contributed by atoms with Crippen molar-refractivity contribution in [2.24, 2.45) is 5.73 Å². The van der Waals surface area contributed by atoms with Crippen LogP contribution in [0.3, 0.4) is 0 Å². The summed E-state index contributed by atoms with van der Waals surface area (Å²) in [4.78, 5) is 4.35. The topological polar surface area (TPSA) is 32.5 Å². The molecule has 0 atom stereocenters. The van der Waals surface area contributed by atoms with Crippen molar-refractivity contribution < 1.29 is 8.78 Å². The zero-order valence-corrected chi connectivity index (χ0v) is 10.4. The predicted molar refractivity (Wildman–Crippen MR) is 67.1 cm³/mol. The van der Waals surface area contributed by atoms with E-state index in [0.29, 0.717) is 13.1 Å². The molecule has 0 amide bonds. The van der Waals surface area contributed by atoms with Crippen molar-refractivity contribution in [3.05, 3.63) is 35.4 Å². The van der Waals surface area contributed by atoms with Crippen molar-refractivity contribution in [1.82, 2.24) is 9.80 Å². The first-order chi connectivity index (χ1) is 8.70. The summed E-state index contributed by atoms with van der Waals surface area (Å²) >= 11 is 0. The van der Waals surface area contributed by atoms with Gasteiger partial charge in [-0.2, -0.15) is 0 Å². The molecular formula is C13H19F2N3. The fourth-order valence-corrected chi connectivity index (χ4v) is 2.26. The molecule has 1 fully saturated rings. The third kappa shape index (κ3) is 3.25. The maximum atomic E-state index is 13.5. The Kier molecular flexibility index (Phi) is 4.63. The molecule has 1 aliphatic rings. The van der Waals surface area contributed by atoms with Crippen molar-refractivity contribution >= 4 is 0 Å². The SMILES string of the molecule is NCCN1CCN(Cc2c(F)cccc2F)CC1. The number of nitrogens with zero attached hydrogens (tertiary/aromatic N) is 2. The first kappa shape index (κ1) is 13.4. The fraction of sp³-hybridized carbons (Fsp3) is 0.538. The van der Waals surface area contributed by atoms with Gasteiger partial charge < -0.3 is 5.73 Å². The number of piperazine rings is 1. The van der Waals surface area contributed by atoms with Gasteiger partial charge in [-0.05, 0) is 12.1 Å². The molecule has 5 heteroatoms. The zero-order chi connectivity index (χ0) is 13.0. The summed E-state index contributed by atoms with van der Waals surface area (Å²) in [5.74, 6) is -0.918. The molecule has 18 heavy (non-hydrogen) atoms. The van der Waals surface area contributed by atoms with Crippen molar-refractivity contribution in [3.8, 4) is 0 Å². The predicted octanol–water partition coefficient (Wildman–Crippen LogP) is 1.04. The first-order valence-electron chi connectivity index (χ1n) is 6.28. The Morgan fingerprint density at radius 3 is 2.11 bits per heavy atom. The Balaban J connectivity index is 1.92. The van der Waals surface area contributed by atoms with Gasteiger partial charge in [0.1, 0.15) is 11.6 Å². The zero-order valence-electron chi connectivity index (χ0n) is 10.4. The molecule has 2 rings (SSSR count). The molecule has 100 valence electrons. The fourth-order valence-electron chi connectivity index (χ4n) is 2.26. The Bertz CT molecular complexity index is 370. The highest BCUT2D eigenvalue weighted by Crippen LogP contribution is 2.15. The minimum Gasteiger partial charge on any atom is -0.329 e. The molecule has 0 aromatic heterocycles. The van der Waals surface area contributed by atoms with Crippen LogP contribution in [0.15, 0.2) is 18.2 Å². The van der Waals surface area contributed by atoms with Gasteiger partial charge in [0.15, 0.2) is 0 Å². The van der Waals surface area contributed by atoms with Crippen LogP contribution in [0.2, 0.25) is 0 Å². The van der Waals surface area contributed by atoms with E-state index in [4.69, 9.17) is 5.73 Å². The summed E-state index contributed by atoms with van der Waals surface area (Å²) in [5.41, 5.74) is 5.67. The lowest BCUT2D eigenvalue weighted by atomic mass is 10.1. The Labute approximate surface area is 106 Å². The molecule has 0 unspecified atom stereocenters. The van der Waals surface area contributed by atoms with Crippen LogP contribution < -0.4 is 5.73 Å². The second kappa shape index (κ2) is 6.22. The minimum absolute atomic E-state index is 0.171. The van der Waals surface area contributed by atoms with E-state index in [9.17, 15) is 8.78 Å². The number of hydrogen-bond donors (Lipinski definition) is 1. The summed E-state index contributed by atoms with van der Waals surface area (Å²) in [6, 6.07) is 4.01. The average molecular weight is 255 g/mol. The van der Waals surface area contributed by atoms with Crippen molar-refractivity contribution in [2.75, 3.05) is 39.3 Å². The van der Waals surface area contributed by atoms with E-state index in [1.165, 1.54) is 18.2 Å². The van der Waals surface area contributed by atoms with Gasteiger partial charge in [-0.15, -0.1) is 0 Å². The molecule has 1 saturated heterocycles. The highest BCUT2D eigenvalue weighted by molar-refractivity contribution is 5.19. The molecule has 0 aliphatic carbocycles. The van der Waals surface area contributed by atoms with Gasteiger partial charge in [0.05, 0.1) is 0 Å². The molecule has 1 heterocycles. The number of nitrogens with two attached hydrogens (primary N) is 1. The first-order valence-corrected chi connectivity index (χ1v) is 6.28. The van der Waals surface area contributed by atoms with Gasteiger partial charge in [0, 0.05) is 51.4 Å². The lowest BCUT2D eigenvalue weighted by Crippen LogP contribution is -2.47. The van der Waals surface area contributed by atoms with E-state index >= 15 is 0 Å². The Morgan fingerprint density at radius 1 is 1.00 bits per heavy atom.